The van der Waals surface area contributed by atoms with Crippen LogP contribution < -0.4 is 26.4 Å². The summed E-state index contributed by atoms with van der Waals surface area (Å²) < 4.78 is 21.9. The second-order valence-corrected chi connectivity index (χ2v) is 14.1. The lowest BCUT2D eigenvalue weighted by atomic mass is 10.0. The Hall–Kier alpha value is -5.11. The molecule has 0 unspecified atom stereocenters. The lowest BCUT2D eigenvalue weighted by Crippen LogP contribution is -2.56. The summed E-state index contributed by atoms with van der Waals surface area (Å²) in [5, 5.41) is 19.8. The van der Waals surface area contributed by atoms with Crippen LogP contribution in [0.3, 0.4) is 0 Å². The van der Waals surface area contributed by atoms with Crippen molar-refractivity contribution in [2.45, 2.75) is 63.8 Å². The lowest BCUT2D eigenvalue weighted by molar-refractivity contribution is -0.111. The number of carbonyl (C=O) groups is 1. The van der Waals surface area contributed by atoms with Crippen molar-refractivity contribution in [3.05, 3.63) is 100 Å². The van der Waals surface area contributed by atoms with Gasteiger partial charge in [-0.05, 0) is 80.5 Å². The summed E-state index contributed by atoms with van der Waals surface area (Å²) in [6.07, 6.45) is 8.69. The van der Waals surface area contributed by atoms with E-state index in [1.54, 1.807) is 43.7 Å². The molecule has 7 rings (SSSR count). The van der Waals surface area contributed by atoms with Crippen molar-refractivity contribution in [1.29, 1.82) is 0 Å². The second-order valence-electron chi connectivity index (χ2n) is 14.1. The highest BCUT2D eigenvalue weighted by molar-refractivity contribution is 6.01. The van der Waals surface area contributed by atoms with Gasteiger partial charge in [0.05, 0.1) is 23.7 Å². The van der Waals surface area contributed by atoms with E-state index in [0.29, 0.717) is 51.5 Å². The fraction of sp³-hybridized carbons (Fsp3) is 0.400. The van der Waals surface area contributed by atoms with Gasteiger partial charge in [-0.3, -0.25) is 14.5 Å². The van der Waals surface area contributed by atoms with Crippen LogP contribution in [0.15, 0.2) is 72.3 Å². The summed E-state index contributed by atoms with van der Waals surface area (Å²) in [4.78, 5) is 40.0. The molecule has 4 heterocycles. The van der Waals surface area contributed by atoms with Crippen LogP contribution >= 0.6 is 0 Å². The molecule has 1 atom stereocenters. The molecule has 2 saturated heterocycles. The second kappa shape index (κ2) is 15.9. The van der Waals surface area contributed by atoms with E-state index in [4.69, 9.17) is 9.72 Å². The van der Waals surface area contributed by atoms with Gasteiger partial charge in [0.15, 0.2) is 5.82 Å². The summed E-state index contributed by atoms with van der Waals surface area (Å²) in [6.45, 7) is 9.84. The Morgan fingerprint density at radius 1 is 1.09 bits per heavy atom. The maximum absolute atomic E-state index is 14.9. The molecule has 1 aliphatic carbocycles. The average Bonchev–Trinajstić information content (AvgIpc) is 4.02. The SMILES string of the molecule is C=CC(=O)Nc1cc(Nc2nc(-c3ccnc(NCc4ccc(C5CC5)cc4F)c3CO)cn(C)c2=O)ccc1N1CCN(C2CCOCC2)C[C@@H]1C. The van der Waals surface area contributed by atoms with Gasteiger partial charge in [-0.15, -0.1) is 0 Å². The molecule has 13 heteroatoms. The number of anilines is 5. The first-order valence-corrected chi connectivity index (χ1v) is 18.3. The molecule has 3 fully saturated rings. The van der Waals surface area contributed by atoms with E-state index in [-0.39, 0.29) is 42.3 Å². The quantitative estimate of drug-likeness (QED) is 0.139. The number of nitrogens with zero attached hydrogens (tertiary/aromatic N) is 5. The first kappa shape index (κ1) is 36.3. The Morgan fingerprint density at radius 2 is 1.91 bits per heavy atom. The van der Waals surface area contributed by atoms with Crippen molar-refractivity contribution >= 4 is 34.6 Å². The molecule has 1 saturated carbocycles. The first-order valence-electron chi connectivity index (χ1n) is 18.3. The fourth-order valence-electron chi connectivity index (χ4n) is 7.43. The molecule has 12 nitrogen and oxygen atoms in total. The molecule has 3 aliphatic rings. The zero-order chi connectivity index (χ0) is 37.1. The highest BCUT2D eigenvalue weighted by Gasteiger charge is 2.31. The van der Waals surface area contributed by atoms with Gasteiger partial charge in [0, 0.05) is 93.3 Å². The Morgan fingerprint density at radius 3 is 2.62 bits per heavy atom. The van der Waals surface area contributed by atoms with Crippen LogP contribution in [-0.2, 0) is 29.7 Å². The van der Waals surface area contributed by atoms with Crippen molar-refractivity contribution in [3.63, 3.8) is 0 Å². The average molecular weight is 723 g/mol. The number of aliphatic hydroxyl groups excluding tert-OH is 1. The molecule has 2 aromatic heterocycles. The molecule has 2 aliphatic heterocycles. The fourth-order valence-corrected chi connectivity index (χ4v) is 7.43. The Balaban J connectivity index is 1.13. The number of ether oxygens (including phenoxy) is 1. The molecule has 1 amide bonds. The van der Waals surface area contributed by atoms with Crippen LogP contribution in [0.5, 0.6) is 0 Å². The number of aromatic nitrogens is 3. The topological polar surface area (TPSA) is 137 Å². The third-order valence-electron chi connectivity index (χ3n) is 10.5. The number of halogens is 1. The Kier molecular flexibility index (Phi) is 10.9. The Bertz CT molecular complexity index is 2040. The van der Waals surface area contributed by atoms with Crippen molar-refractivity contribution in [1.82, 2.24) is 19.4 Å². The van der Waals surface area contributed by atoms with Crippen molar-refractivity contribution < 1.29 is 19.0 Å². The van der Waals surface area contributed by atoms with Gasteiger partial charge in [-0.1, -0.05) is 18.7 Å². The number of carbonyl (C=O) groups excluding carboxylic acids is 1. The van der Waals surface area contributed by atoms with Gasteiger partial charge in [0.1, 0.15) is 11.6 Å². The van der Waals surface area contributed by atoms with E-state index < -0.39 is 0 Å². The number of hydrogen-bond acceptors (Lipinski definition) is 10. The van der Waals surface area contributed by atoms with E-state index in [1.165, 1.54) is 10.6 Å². The van der Waals surface area contributed by atoms with Crippen molar-refractivity contribution in [3.8, 4) is 11.3 Å². The molecule has 2 aromatic carbocycles. The molecule has 278 valence electrons. The number of pyridine rings is 1. The van der Waals surface area contributed by atoms with Crippen LogP contribution in [0.25, 0.3) is 11.3 Å². The van der Waals surface area contributed by atoms with E-state index in [0.717, 1.165) is 69.8 Å². The lowest BCUT2D eigenvalue weighted by Gasteiger charge is -2.45. The van der Waals surface area contributed by atoms with Crippen LogP contribution in [0.2, 0.25) is 0 Å². The molecule has 4 N–H and O–H groups in total. The number of aryl methyl sites for hydroxylation is 1. The van der Waals surface area contributed by atoms with Gasteiger partial charge < -0.3 is 35.3 Å². The minimum atomic E-state index is -0.365. The predicted molar refractivity (Wildman–Crippen MR) is 205 cm³/mol. The van der Waals surface area contributed by atoms with E-state index in [2.05, 4.69) is 44.2 Å². The van der Waals surface area contributed by atoms with Crippen molar-refractivity contribution in [2.75, 3.05) is 53.7 Å². The zero-order valence-electron chi connectivity index (χ0n) is 30.3. The standard InChI is InChI=1S/C40H47FN8O4/c1-4-37(51)45-34-20-29(9-10-36(34)49-16-15-48(22-25(49)2)30-12-17-53-18-13-30)44-39-40(52)47(3)23-35(46-39)31-11-14-42-38(32(31)24-50)43-21-28-8-7-27(19-33(28)41)26-5-6-26/h4,7-11,14,19-20,23,25-26,30,50H,1,5-6,12-13,15-18,21-22,24H2,2-3H3,(H,42,43)(H,44,46)(H,45,51)/t25-/m0/s1. The third-order valence-corrected chi connectivity index (χ3v) is 10.5. The number of hydrogen-bond donors (Lipinski definition) is 4. The van der Waals surface area contributed by atoms with Gasteiger partial charge in [-0.2, -0.15) is 0 Å². The maximum Gasteiger partial charge on any atom is 0.293 e. The summed E-state index contributed by atoms with van der Waals surface area (Å²) in [5.74, 6) is 0.287. The van der Waals surface area contributed by atoms with Crippen molar-refractivity contribution in [2.24, 2.45) is 7.05 Å². The normalized spacial score (nSPS) is 18.1. The minimum Gasteiger partial charge on any atom is -0.392 e. The number of amides is 1. The molecule has 0 radical (unpaired) electrons. The predicted octanol–water partition coefficient (Wildman–Crippen LogP) is 5.52. The van der Waals surface area contributed by atoms with Gasteiger partial charge in [0.2, 0.25) is 5.91 Å². The number of rotatable bonds is 12. The van der Waals surface area contributed by atoms with E-state index >= 15 is 0 Å². The zero-order valence-corrected chi connectivity index (χ0v) is 30.3. The molecule has 53 heavy (non-hydrogen) atoms. The number of piperazine rings is 1. The van der Waals surface area contributed by atoms with E-state index in [9.17, 15) is 19.1 Å². The minimum absolute atomic E-state index is 0.0604. The molecule has 4 aromatic rings. The summed E-state index contributed by atoms with van der Waals surface area (Å²) in [7, 11) is 1.63. The third kappa shape index (κ3) is 8.12. The Labute approximate surface area is 308 Å². The van der Waals surface area contributed by atoms with Crippen LogP contribution in [-0.4, -0.2) is 75.4 Å². The summed E-state index contributed by atoms with van der Waals surface area (Å²) >= 11 is 0. The largest absolute Gasteiger partial charge is 0.392 e. The first-order chi connectivity index (χ1) is 25.7. The number of nitrogens with one attached hydrogen (secondary N) is 3. The van der Waals surface area contributed by atoms with Crippen LogP contribution in [0.1, 0.15) is 55.2 Å². The van der Waals surface area contributed by atoms with E-state index in [1.807, 2.05) is 18.2 Å². The number of benzene rings is 2. The van der Waals surface area contributed by atoms with Crippen LogP contribution in [0, 0.1) is 5.82 Å². The summed E-state index contributed by atoms with van der Waals surface area (Å²) in [5.41, 5.74) is 4.63. The monoisotopic (exact) mass is 722 g/mol. The number of aliphatic hydroxyl groups is 1. The maximum atomic E-state index is 14.9. The molecule has 0 bridgehead atoms. The highest BCUT2D eigenvalue weighted by Crippen LogP contribution is 2.40. The van der Waals surface area contributed by atoms with Crippen LogP contribution in [0.4, 0.5) is 33.1 Å². The van der Waals surface area contributed by atoms with Gasteiger partial charge in [0.25, 0.3) is 5.56 Å². The highest BCUT2D eigenvalue weighted by atomic mass is 19.1. The van der Waals surface area contributed by atoms with Gasteiger partial charge >= 0.3 is 0 Å². The molecular weight excluding hydrogens is 675 g/mol. The molecular formula is C40H47FN8O4. The van der Waals surface area contributed by atoms with Gasteiger partial charge in [-0.25, -0.2) is 14.4 Å². The smallest absolute Gasteiger partial charge is 0.293 e. The molecule has 0 spiro atoms. The summed E-state index contributed by atoms with van der Waals surface area (Å²) in [6, 6.07) is 13.4.